The number of benzene rings is 2. The molecule has 152 valence electrons. The molecule has 0 spiro atoms. The summed E-state index contributed by atoms with van der Waals surface area (Å²) in [6.07, 6.45) is 3.68. The largest absolute Gasteiger partial charge is 0.488 e. The van der Waals surface area contributed by atoms with Crippen LogP contribution in [0, 0.1) is 11.7 Å². The lowest BCUT2D eigenvalue weighted by molar-refractivity contribution is -0.122. The maximum Gasteiger partial charge on any atom is 0.220 e. The van der Waals surface area contributed by atoms with Crippen molar-refractivity contribution in [3.05, 3.63) is 66.0 Å². The number of piperidine rings is 1. The molecule has 28 heavy (non-hydrogen) atoms. The Bertz CT molecular complexity index is 723. The normalized spacial score (nSPS) is 15.3. The number of carbonyl (C=O) groups excluding carboxylic acids is 1. The molecule has 2 N–H and O–H groups in total. The van der Waals surface area contributed by atoms with Crippen LogP contribution in [0.2, 0.25) is 0 Å². The maximum atomic E-state index is 13.8. The van der Waals surface area contributed by atoms with Gasteiger partial charge < -0.3 is 15.4 Å². The predicted octanol–water partition coefficient (Wildman–Crippen LogP) is 4.26. The highest BCUT2D eigenvalue weighted by atomic mass is 35.5. The summed E-state index contributed by atoms with van der Waals surface area (Å²) in [7, 11) is 0. The molecule has 0 aliphatic carbocycles. The van der Waals surface area contributed by atoms with Gasteiger partial charge in [0.2, 0.25) is 5.91 Å². The molecule has 2 aromatic carbocycles. The summed E-state index contributed by atoms with van der Waals surface area (Å²) < 4.78 is 19.5. The van der Waals surface area contributed by atoms with E-state index in [9.17, 15) is 9.18 Å². The molecule has 0 aromatic heterocycles. The van der Waals surface area contributed by atoms with Gasteiger partial charge in [0.15, 0.2) is 11.6 Å². The minimum absolute atomic E-state index is 0. The van der Waals surface area contributed by atoms with Gasteiger partial charge in [-0.15, -0.1) is 12.4 Å². The molecule has 1 fully saturated rings. The minimum Gasteiger partial charge on any atom is -0.488 e. The number of carbonyl (C=O) groups is 1. The van der Waals surface area contributed by atoms with Crippen LogP contribution in [-0.2, 0) is 4.79 Å². The van der Waals surface area contributed by atoms with Crippen molar-refractivity contribution in [3.8, 4) is 5.75 Å². The summed E-state index contributed by atoms with van der Waals surface area (Å²) in [5, 5.41) is 6.41. The summed E-state index contributed by atoms with van der Waals surface area (Å²) in [5.41, 5.74) is 0.948. The van der Waals surface area contributed by atoms with E-state index in [0.29, 0.717) is 12.3 Å². The molecule has 1 aliphatic rings. The van der Waals surface area contributed by atoms with Crippen LogP contribution in [0.1, 0.15) is 37.3 Å². The number of halogens is 2. The number of ether oxygens (including phenoxy) is 1. The fourth-order valence-electron chi connectivity index (χ4n) is 3.41. The number of rotatable bonds is 8. The molecule has 1 unspecified atom stereocenters. The van der Waals surface area contributed by atoms with Crippen molar-refractivity contribution in [2.75, 3.05) is 19.7 Å². The van der Waals surface area contributed by atoms with E-state index in [0.717, 1.165) is 37.9 Å². The van der Waals surface area contributed by atoms with Crippen LogP contribution in [0.25, 0.3) is 0 Å². The van der Waals surface area contributed by atoms with Gasteiger partial charge in [-0.05, 0) is 56.0 Å². The summed E-state index contributed by atoms with van der Waals surface area (Å²) in [5.74, 6) is 0.422. The molecular weight excluding hydrogens is 379 g/mol. The second kappa shape index (κ2) is 11.7. The first-order valence-corrected chi connectivity index (χ1v) is 9.64. The Labute approximate surface area is 172 Å². The Morgan fingerprint density at radius 1 is 1.11 bits per heavy atom. The zero-order chi connectivity index (χ0) is 18.9. The molecule has 0 bridgehead atoms. The standard InChI is InChI=1S/C22H27FN2O2.ClH/c23-19-8-4-5-9-21(19)27-16-20(18-6-2-1-3-7-18)25-22(26)11-10-17-12-14-24-15-13-17;/h1-9,17,20,24H,10-16H2,(H,25,26);1H. The van der Waals surface area contributed by atoms with Crippen molar-refractivity contribution in [3.63, 3.8) is 0 Å². The number of nitrogens with one attached hydrogen (secondary N) is 2. The second-order valence-corrected chi connectivity index (χ2v) is 7.00. The van der Waals surface area contributed by atoms with E-state index in [1.807, 2.05) is 30.3 Å². The molecule has 0 radical (unpaired) electrons. The van der Waals surface area contributed by atoms with Crippen LogP contribution < -0.4 is 15.4 Å². The summed E-state index contributed by atoms with van der Waals surface area (Å²) in [4.78, 5) is 12.5. The van der Waals surface area contributed by atoms with Crippen molar-refractivity contribution < 1.29 is 13.9 Å². The van der Waals surface area contributed by atoms with Gasteiger partial charge in [-0.3, -0.25) is 4.79 Å². The highest BCUT2D eigenvalue weighted by Gasteiger charge is 2.18. The first kappa shape index (κ1) is 22.2. The Morgan fingerprint density at radius 3 is 2.50 bits per heavy atom. The number of hydrogen-bond acceptors (Lipinski definition) is 3. The lowest BCUT2D eigenvalue weighted by atomic mass is 9.93. The van der Waals surface area contributed by atoms with Crippen molar-refractivity contribution in [2.24, 2.45) is 5.92 Å². The Morgan fingerprint density at radius 2 is 1.79 bits per heavy atom. The van der Waals surface area contributed by atoms with Gasteiger partial charge in [0.1, 0.15) is 6.61 Å². The van der Waals surface area contributed by atoms with E-state index in [4.69, 9.17) is 4.74 Å². The number of para-hydroxylation sites is 1. The number of hydrogen-bond donors (Lipinski definition) is 2. The molecular formula is C22H28ClFN2O2. The summed E-state index contributed by atoms with van der Waals surface area (Å²) in [6, 6.07) is 15.7. The molecule has 1 amide bonds. The van der Waals surface area contributed by atoms with E-state index in [1.165, 1.54) is 6.07 Å². The third kappa shape index (κ3) is 6.80. The monoisotopic (exact) mass is 406 g/mol. The smallest absolute Gasteiger partial charge is 0.220 e. The average molecular weight is 407 g/mol. The van der Waals surface area contributed by atoms with Gasteiger partial charge in [-0.1, -0.05) is 42.5 Å². The third-order valence-electron chi connectivity index (χ3n) is 5.02. The van der Waals surface area contributed by atoms with Crippen molar-refractivity contribution >= 4 is 18.3 Å². The van der Waals surface area contributed by atoms with Gasteiger partial charge in [0.25, 0.3) is 0 Å². The van der Waals surface area contributed by atoms with Crippen LogP contribution in [0.15, 0.2) is 54.6 Å². The summed E-state index contributed by atoms with van der Waals surface area (Å²) >= 11 is 0. The molecule has 1 atom stereocenters. The zero-order valence-corrected chi connectivity index (χ0v) is 16.7. The lowest BCUT2D eigenvalue weighted by Crippen LogP contribution is -2.33. The summed E-state index contributed by atoms with van der Waals surface area (Å²) in [6.45, 7) is 2.26. The quantitative estimate of drug-likeness (QED) is 0.688. The topological polar surface area (TPSA) is 50.4 Å². The van der Waals surface area contributed by atoms with Crippen molar-refractivity contribution in [1.82, 2.24) is 10.6 Å². The van der Waals surface area contributed by atoms with Gasteiger partial charge in [0, 0.05) is 6.42 Å². The predicted molar refractivity (Wildman–Crippen MR) is 111 cm³/mol. The van der Waals surface area contributed by atoms with Crippen LogP contribution in [-0.4, -0.2) is 25.6 Å². The highest BCUT2D eigenvalue weighted by molar-refractivity contribution is 5.85. The van der Waals surface area contributed by atoms with Crippen molar-refractivity contribution in [2.45, 2.75) is 31.7 Å². The molecule has 1 heterocycles. The molecule has 0 saturated carbocycles. The molecule has 4 nitrogen and oxygen atoms in total. The van der Waals surface area contributed by atoms with E-state index in [1.54, 1.807) is 18.2 Å². The van der Waals surface area contributed by atoms with Crippen LogP contribution >= 0.6 is 12.4 Å². The molecule has 3 rings (SSSR count). The van der Waals surface area contributed by atoms with Crippen LogP contribution in [0.3, 0.4) is 0 Å². The van der Waals surface area contributed by atoms with Crippen molar-refractivity contribution in [1.29, 1.82) is 0 Å². The average Bonchev–Trinajstić information content (AvgIpc) is 2.72. The molecule has 1 aliphatic heterocycles. The molecule has 1 saturated heterocycles. The second-order valence-electron chi connectivity index (χ2n) is 7.00. The van der Waals surface area contributed by atoms with Crippen LogP contribution in [0.5, 0.6) is 5.75 Å². The SMILES string of the molecule is Cl.O=C(CCC1CCNCC1)NC(COc1ccccc1F)c1ccccc1. The van der Waals surface area contributed by atoms with Gasteiger partial charge in [0.05, 0.1) is 6.04 Å². The fourth-order valence-corrected chi connectivity index (χ4v) is 3.41. The van der Waals surface area contributed by atoms with E-state index < -0.39 is 5.82 Å². The maximum absolute atomic E-state index is 13.8. The molecule has 2 aromatic rings. The van der Waals surface area contributed by atoms with Gasteiger partial charge in [-0.2, -0.15) is 0 Å². The number of amides is 1. The third-order valence-corrected chi connectivity index (χ3v) is 5.02. The first-order chi connectivity index (χ1) is 13.2. The Hall–Kier alpha value is -2.11. The van der Waals surface area contributed by atoms with Gasteiger partial charge in [-0.25, -0.2) is 4.39 Å². The van der Waals surface area contributed by atoms with Crippen LogP contribution in [0.4, 0.5) is 4.39 Å². The van der Waals surface area contributed by atoms with Gasteiger partial charge >= 0.3 is 0 Å². The minimum atomic E-state index is -0.401. The Balaban J connectivity index is 0.00000280. The molecule has 6 heteroatoms. The van der Waals surface area contributed by atoms with E-state index >= 15 is 0 Å². The Kier molecular flexibility index (Phi) is 9.24. The van der Waals surface area contributed by atoms with E-state index in [2.05, 4.69) is 10.6 Å². The highest BCUT2D eigenvalue weighted by Crippen LogP contribution is 2.21. The lowest BCUT2D eigenvalue weighted by Gasteiger charge is -2.23. The fraction of sp³-hybridized carbons (Fsp3) is 0.409. The first-order valence-electron chi connectivity index (χ1n) is 9.64. The zero-order valence-electron chi connectivity index (χ0n) is 15.9. The van der Waals surface area contributed by atoms with E-state index in [-0.39, 0.29) is 36.7 Å².